The Kier molecular flexibility index (Phi) is 2.43. The summed E-state index contributed by atoms with van der Waals surface area (Å²) in [6, 6.07) is 0. The quantitative estimate of drug-likeness (QED) is 0.500. The number of esters is 1. The molecule has 5 atom stereocenters. The van der Waals surface area contributed by atoms with Gasteiger partial charge in [0.25, 0.3) is 10.1 Å². The number of carbonyl (C=O) groups is 1. The molecule has 0 N–H and O–H groups in total. The molecule has 0 radical (unpaired) electrons. The zero-order chi connectivity index (χ0) is 12.2. The monoisotopic (exact) mass is 266 g/mol. The second-order valence-electron chi connectivity index (χ2n) is 4.35. The Bertz CT molecular complexity index is 446. The van der Waals surface area contributed by atoms with Gasteiger partial charge in [-0.05, 0) is 0 Å². The molecular weight excluding hydrogens is 255 g/mol. The van der Waals surface area contributed by atoms with Crippen LogP contribution in [0.2, 0.25) is 0 Å². The molecule has 3 aliphatic rings. The molecule has 0 amide bonds. The van der Waals surface area contributed by atoms with Crippen LogP contribution >= 0.6 is 0 Å². The van der Waals surface area contributed by atoms with Crippen LogP contribution in [0.3, 0.4) is 0 Å². The summed E-state index contributed by atoms with van der Waals surface area (Å²) in [6.07, 6.45) is -1.16. The fourth-order valence-corrected chi connectivity index (χ4v) is 4.71. The Morgan fingerprint density at radius 1 is 1.41 bits per heavy atom. The topological polar surface area (TPSA) is 78.9 Å². The SMILES string of the molecule is O=C(OCCF)C1C2CC3OS(=O)(=O)C1C3O2. The third-order valence-corrected chi connectivity index (χ3v) is 5.17. The standard InChI is InChI=1S/C9H11FO6S/c10-1-2-14-9(11)6-4-3-5-7(15-4)8(6)17(12,13)16-5/h4-8H,1-3H2. The number of fused-ring (bicyclic) bond motifs is 1. The van der Waals surface area contributed by atoms with Crippen LogP contribution in [0.1, 0.15) is 6.42 Å². The van der Waals surface area contributed by atoms with Crippen LogP contribution in [0.25, 0.3) is 0 Å². The summed E-state index contributed by atoms with van der Waals surface area (Å²) in [7, 11) is -3.77. The van der Waals surface area contributed by atoms with Crippen molar-refractivity contribution in [2.24, 2.45) is 5.92 Å². The van der Waals surface area contributed by atoms with Gasteiger partial charge in [0.2, 0.25) is 0 Å². The Balaban J connectivity index is 1.85. The minimum absolute atomic E-state index is 0.357. The van der Waals surface area contributed by atoms with Gasteiger partial charge in [0.1, 0.15) is 36.7 Å². The molecule has 8 heteroatoms. The molecule has 3 fully saturated rings. The smallest absolute Gasteiger partial charge is 0.313 e. The molecule has 96 valence electrons. The van der Waals surface area contributed by atoms with E-state index in [1.165, 1.54) is 0 Å². The van der Waals surface area contributed by atoms with Crippen LogP contribution in [0.5, 0.6) is 0 Å². The Morgan fingerprint density at radius 2 is 2.18 bits per heavy atom. The van der Waals surface area contributed by atoms with Gasteiger partial charge in [0, 0.05) is 6.42 Å². The second-order valence-corrected chi connectivity index (χ2v) is 6.07. The van der Waals surface area contributed by atoms with Crippen molar-refractivity contribution in [2.45, 2.75) is 30.0 Å². The van der Waals surface area contributed by atoms with Crippen molar-refractivity contribution in [3.05, 3.63) is 0 Å². The van der Waals surface area contributed by atoms with E-state index in [0.717, 1.165) is 0 Å². The maximum atomic E-state index is 11.9. The molecule has 3 rings (SSSR count). The fourth-order valence-electron chi connectivity index (χ4n) is 2.84. The first-order valence-electron chi connectivity index (χ1n) is 5.35. The van der Waals surface area contributed by atoms with Gasteiger partial charge in [-0.25, -0.2) is 4.39 Å². The van der Waals surface area contributed by atoms with E-state index in [1.54, 1.807) is 0 Å². The Hall–Kier alpha value is -0.730. The number of hydrogen-bond donors (Lipinski definition) is 0. The van der Waals surface area contributed by atoms with E-state index in [-0.39, 0.29) is 6.61 Å². The van der Waals surface area contributed by atoms with E-state index in [0.29, 0.717) is 6.42 Å². The van der Waals surface area contributed by atoms with Crippen molar-refractivity contribution in [2.75, 3.05) is 13.3 Å². The van der Waals surface area contributed by atoms with Crippen LogP contribution in [0, 0.1) is 5.92 Å². The van der Waals surface area contributed by atoms with Crippen LogP contribution in [-0.4, -0.2) is 51.2 Å². The highest BCUT2D eigenvalue weighted by Gasteiger charge is 2.68. The lowest BCUT2D eigenvalue weighted by atomic mass is 9.87. The molecule has 5 unspecified atom stereocenters. The molecule has 17 heavy (non-hydrogen) atoms. The number of halogens is 1. The average molecular weight is 266 g/mol. The van der Waals surface area contributed by atoms with Gasteiger partial charge >= 0.3 is 5.97 Å². The summed E-state index contributed by atoms with van der Waals surface area (Å²) in [5, 5.41) is -0.988. The zero-order valence-corrected chi connectivity index (χ0v) is 9.56. The Labute approximate surface area is 97.1 Å². The molecule has 3 saturated heterocycles. The van der Waals surface area contributed by atoms with Crippen molar-refractivity contribution < 1.29 is 31.3 Å². The molecule has 6 nitrogen and oxygen atoms in total. The maximum Gasteiger partial charge on any atom is 0.313 e. The van der Waals surface area contributed by atoms with Crippen molar-refractivity contribution in [3.63, 3.8) is 0 Å². The molecule has 0 spiro atoms. The highest BCUT2D eigenvalue weighted by molar-refractivity contribution is 7.87. The fraction of sp³-hybridized carbons (Fsp3) is 0.889. The summed E-state index contributed by atoms with van der Waals surface area (Å²) < 4.78 is 50.2. The van der Waals surface area contributed by atoms with Gasteiger partial charge in [0.05, 0.1) is 6.10 Å². The minimum Gasteiger partial charge on any atom is -0.463 e. The maximum absolute atomic E-state index is 11.9. The van der Waals surface area contributed by atoms with Crippen LogP contribution in [0.4, 0.5) is 4.39 Å². The number of rotatable bonds is 3. The lowest BCUT2D eigenvalue weighted by Gasteiger charge is -2.19. The number of hydrogen-bond acceptors (Lipinski definition) is 6. The molecule has 0 aromatic carbocycles. The summed E-state index contributed by atoms with van der Waals surface area (Å²) in [5.41, 5.74) is 0. The predicted molar refractivity (Wildman–Crippen MR) is 51.3 cm³/mol. The number of alkyl halides is 1. The molecule has 2 bridgehead atoms. The largest absolute Gasteiger partial charge is 0.463 e. The van der Waals surface area contributed by atoms with Gasteiger partial charge in [-0.15, -0.1) is 0 Å². The highest BCUT2D eigenvalue weighted by Crippen LogP contribution is 2.50. The van der Waals surface area contributed by atoms with Gasteiger partial charge in [-0.1, -0.05) is 0 Å². The number of ether oxygens (including phenoxy) is 2. The van der Waals surface area contributed by atoms with Gasteiger partial charge in [-0.2, -0.15) is 8.42 Å². The van der Waals surface area contributed by atoms with E-state index >= 15 is 0 Å². The van der Waals surface area contributed by atoms with E-state index in [2.05, 4.69) is 4.74 Å². The molecular formula is C9H11FO6S. The van der Waals surface area contributed by atoms with Crippen molar-refractivity contribution in [3.8, 4) is 0 Å². The van der Waals surface area contributed by atoms with Gasteiger partial charge < -0.3 is 9.47 Å². The third-order valence-electron chi connectivity index (χ3n) is 3.43. The molecule has 0 aliphatic carbocycles. The van der Waals surface area contributed by atoms with Gasteiger partial charge in [-0.3, -0.25) is 8.98 Å². The molecule has 0 aromatic heterocycles. The van der Waals surface area contributed by atoms with E-state index in [9.17, 15) is 17.6 Å². The summed E-state index contributed by atoms with van der Waals surface area (Å²) in [4.78, 5) is 11.7. The molecule has 3 aliphatic heterocycles. The lowest BCUT2D eigenvalue weighted by molar-refractivity contribution is -0.150. The zero-order valence-electron chi connectivity index (χ0n) is 8.74. The van der Waals surface area contributed by atoms with Crippen LogP contribution in [0.15, 0.2) is 0 Å². The minimum atomic E-state index is -3.77. The summed E-state index contributed by atoms with van der Waals surface area (Å²) >= 11 is 0. The van der Waals surface area contributed by atoms with E-state index in [1.807, 2.05) is 0 Å². The Morgan fingerprint density at radius 3 is 2.88 bits per heavy atom. The molecule has 0 saturated carbocycles. The van der Waals surface area contributed by atoms with Crippen LogP contribution < -0.4 is 0 Å². The van der Waals surface area contributed by atoms with E-state index in [4.69, 9.17) is 8.92 Å². The highest BCUT2D eigenvalue weighted by atomic mass is 32.2. The average Bonchev–Trinajstić information content (AvgIpc) is 2.84. The van der Waals surface area contributed by atoms with Gasteiger partial charge in [0.15, 0.2) is 0 Å². The second kappa shape index (κ2) is 3.63. The van der Waals surface area contributed by atoms with E-state index < -0.39 is 52.2 Å². The first kappa shape index (κ1) is 11.4. The summed E-state index contributed by atoms with van der Waals surface area (Å²) in [6.45, 7) is -1.15. The molecule has 0 aromatic rings. The lowest BCUT2D eigenvalue weighted by Crippen LogP contribution is -2.41. The first-order valence-corrected chi connectivity index (χ1v) is 6.82. The first-order chi connectivity index (χ1) is 8.04. The molecule has 3 heterocycles. The third kappa shape index (κ3) is 1.50. The predicted octanol–water partition coefficient (Wildman–Crippen LogP) is -0.616. The van der Waals surface area contributed by atoms with Crippen molar-refractivity contribution >= 4 is 16.1 Å². The number of carbonyl (C=O) groups excluding carboxylic acids is 1. The van der Waals surface area contributed by atoms with Crippen molar-refractivity contribution in [1.29, 1.82) is 0 Å². The van der Waals surface area contributed by atoms with Crippen LogP contribution in [-0.2, 0) is 28.6 Å². The van der Waals surface area contributed by atoms with Crippen molar-refractivity contribution in [1.82, 2.24) is 0 Å². The normalized spacial score (nSPS) is 45.1. The summed E-state index contributed by atoms with van der Waals surface area (Å²) in [5.74, 6) is -1.59.